The third kappa shape index (κ3) is 3.12. The number of aryl methyl sites for hydroxylation is 1. The number of rotatable bonds is 6. The number of fused-ring (bicyclic) bond motifs is 1. The van der Waals surface area contributed by atoms with Crippen molar-refractivity contribution in [1.29, 1.82) is 0 Å². The summed E-state index contributed by atoms with van der Waals surface area (Å²) in [5, 5.41) is 4.27. The molecule has 4 heteroatoms. The van der Waals surface area contributed by atoms with Crippen molar-refractivity contribution in [3.63, 3.8) is 0 Å². The summed E-state index contributed by atoms with van der Waals surface area (Å²) in [6.45, 7) is 3.03. The standard InChI is InChI=1S/C17H19NO2S/c1-12-6-7-16(21-12)14(8-10-18-2)20-15-5-3-4-13-9-11-19-17(13)15/h3-7,9,11,14,18H,8,10H2,1-2H3. The van der Waals surface area contributed by atoms with Crippen LogP contribution in [0.15, 0.2) is 47.1 Å². The van der Waals surface area contributed by atoms with E-state index in [-0.39, 0.29) is 6.10 Å². The molecule has 0 spiro atoms. The van der Waals surface area contributed by atoms with Crippen molar-refractivity contribution < 1.29 is 9.15 Å². The third-order valence-corrected chi connectivity index (χ3v) is 4.54. The summed E-state index contributed by atoms with van der Waals surface area (Å²) in [5.74, 6) is 0.810. The molecule has 0 fully saturated rings. The third-order valence-electron chi connectivity index (χ3n) is 3.45. The van der Waals surface area contributed by atoms with Gasteiger partial charge >= 0.3 is 0 Å². The Bertz CT molecular complexity index is 716. The Labute approximate surface area is 128 Å². The van der Waals surface area contributed by atoms with Gasteiger partial charge in [0.25, 0.3) is 0 Å². The zero-order chi connectivity index (χ0) is 14.7. The zero-order valence-corrected chi connectivity index (χ0v) is 13.1. The van der Waals surface area contributed by atoms with Crippen LogP contribution in [-0.4, -0.2) is 13.6 Å². The average Bonchev–Trinajstić information content (AvgIpc) is 3.12. The van der Waals surface area contributed by atoms with Crippen LogP contribution < -0.4 is 10.1 Å². The summed E-state index contributed by atoms with van der Waals surface area (Å²) in [4.78, 5) is 2.56. The Morgan fingerprint density at radius 1 is 1.24 bits per heavy atom. The molecule has 3 rings (SSSR count). The minimum atomic E-state index is 0.0480. The maximum Gasteiger partial charge on any atom is 0.175 e. The average molecular weight is 301 g/mol. The lowest BCUT2D eigenvalue weighted by Crippen LogP contribution is -2.15. The largest absolute Gasteiger partial charge is 0.481 e. The lowest BCUT2D eigenvalue weighted by molar-refractivity contribution is 0.199. The number of hydrogen-bond acceptors (Lipinski definition) is 4. The molecule has 1 aromatic carbocycles. The van der Waals surface area contributed by atoms with Crippen LogP contribution in [0.1, 0.15) is 22.3 Å². The van der Waals surface area contributed by atoms with Gasteiger partial charge < -0.3 is 14.5 Å². The van der Waals surface area contributed by atoms with E-state index in [0.717, 1.165) is 29.7 Å². The molecule has 2 heterocycles. The Kier molecular flexibility index (Phi) is 4.27. The van der Waals surface area contributed by atoms with Gasteiger partial charge in [0.2, 0.25) is 0 Å². The van der Waals surface area contributed by atoms with Crippen LogP contribution in [0.3, 0.4) is 0 Å². The van der Waals surface area contributed by atoms with E-state index in [9.17, 15) is 0 Å². The Morgan fingerprint density at radius 2 is 2.14 bits per heavy atom. The lowest BCUT2D eigenvalue weighted by atomic mass is 10.2. The molecule has 2 aromatic heterocycles. The van der Waals surface area contributed by atoms with Crippen molar-refractivity contribution in [2.45, 2.75) is 19.4 Å². The van der Waals surface area contributed by atoms with Gasteiger partial charge in [-0.3, -0.25) is 0 Å². The second-order valence-electron chi connectivity index (χ2n) is 5.04. The number of hydrogen-bond donors (Lipinski definition) is 1. The first kappa shape index (κ1) is 14.2. The molecule has 110 valence electrons. The van der Waals surface area contributed by atoms with Crippen LogP contribution in [0, 0.1) is 6.92 Å². The van der Waals surface area contributed by atoms with Gasteiger partial charge in [-0.2, -0.15) is 0 Å². The molecule has 21 heavy (non-hydrogen) atoms. The highest BCUT2D eigenvalue weighted by Gasteiger charge is 2.17. The molecule has 0 amide bonds. The zero-order valence-electron chi connectivity index (χ0n) is 12.3. The first-order chi connectivity index (χ1) is 10.3. The molecule has 1 N–H and O–H groups in total. The Hall–Kier alpha value is -1.78. The van der Waals surface area contributed by atoms with Crippen molar-refractivity contribution in [2.75, 3.05) is 13.6 Å². The predicted octanol–water partition coefficient (Wildman–Crippen LogP) is 4.53. The minimum absolute atomic E-state index is 0.0480. The molecule has 3 nitrogen and oxygen atoms in total. The van der Waals surface area contributed by atoms with Gasteiger partial charge in [0.05, 0.1) is 6.26 Å². The molecule has 0 aliphatic heterocycles. The summed E-state index contributed by atoms with van der Waals surface area (Å²) >= 11 is 1.79. The highest BCUT2D eigenvalue weighted by molar-refractivity contribution is 7.12. The van der Waals surface area contributed by atoms with Crippen molar-refractivity contribution >= 4 is 22.3 Å². The molecule has 3 aromatic rings. The smallest absolute Gasteiger partial charge is 0.175 e. The van der Waals surface area contributed by atoms with E-state index >= 15 is 0 Å². The number of thiophene rings is 1. The number of nitrogens with one attached hydrogen (secondary N) is 1. The Morgan fingerprint density at radius 3 is 2.90 bits per heavy atom. The minimum Gasteiger partial charge on any atom is -0.481 e. The molecular weight excluding hydrogens is 282 g/mol. The monoisotopic (exact) mass is 301 g/mol. The fourth-order valence-electron chi connectivity index (χ4n) is 2.37. The SMILES string of the molecule is CNCCC(Oc1cccc2ccoc12)c1ccc(C)s1. The van der Waals surface area contributed by atoms with Gasteiger partial charge in [-0.05, 0) is 44.8 Å². The molecular formula is C17H19NO2S. The van der Waals surface area contributed by atoms with Gasteiger partial charge in [-0.25, -0.2) is 0 Å². The van der Waals surface area contributed by atoms with Gasteiger partial charge in [0, 0.05) is 21.6 Å². The van der Waals surface area contributed by atoms with Gasteiger partial charge in [0.1, 0.15) is 6.10 Å². The summed E-state index contributed by atoms with van der Waals surface area (Å²) in [6, 6.07) is 12.3. The second kappa shape index (κ2) is 6.33. The summed E-state index contributed by atoms with van der Waals surface area (Å²) in [6.07, 6.45) is 2.68. The van der Waals surface area contributed by atoms with Gasteiger partial charge in [0.15, 0.2) is 11.3 Å². The summed E-state index contributed by atoms with van der Waals surface area (Å²) in [7, 11) is 1.96. The van der Waals surface area contributed by atoms with Crippen molar-refractivity contribution in [2.24, 2.45) is 0 Å². The molecule has 1 atom stereocenters. The second-order valence-corrected chi connectivity index (χ2v) is 6.36. The number of furan rings is 1. The fraction of sp³-hybridized carbons (Fsp3) is 0.294. The van der Waals surface area contributed by atoms with Crippen LogP contribution >= 0.6 is 11.3 Å². The van der Waals surface area contributed by atoms with E-state index in [0.29, 0.717) is 0 Å². The number of ether oxygens (including phenoxy) is 1. The Balaban J connectivity index is 1.88. The predicted molar refractivity (Wildman–Crippen MR) is 87.2 cm³/mol. The maximum atomic E-state index is 6.26. The van der Waals surface area contributed by atoms with Crippen LogP contribution in [-0.2, 0) is 0 Å². The van der Waals surface area contributed by atoms with E-state index in [4.69, 9.17) is 9.15 Å². The normalized spacial score (nSPS) is 12.7. The lowest BCUT2D eigenvalue weighted by Gasteiger charge is -2.18. The highest BCUT2D eigenvalue weighted by Crippen LogP contribution is 2.33. The van der Waals surface area contributed by atoms with E-state index in [1.54, 1.807) is 17.6 Å². The quantitative estimate of drug-likeness (QED) is 0.726. The van der Waals surface area contributed by atoms with Crippen LogP contribution in [0.5, 0.6) is 5.75 Å². The van der Waals surface area contributed by atoms with E-state index in [1.807, 2.05) is 31.3 Å². The van der Waals surface area contributed by atoms with Crippen molar-refractivity contribution in [3.8, 4) is 5.75 Å². The molecule has 0 aliphatic rings. The summed E-state index contributed by atoms with van der Waals surface area (Å²) in [5.41, 5.74) is 0.820. The molecule has 1 unspecified atom stereocenters. The van der Waals surface area contributed by atoms with E-state index < -0.39 is 0 Å². The van der Waals surface area contributed by atoms with Gasteiger partial charge in [-0.1, -0.05) is 12.1 Å². The number of para-hydroxylation sites is 1. The van der Waals surface area contributed by atoms with E-state index in [2.05, 4.69) is 24.4 Å². The molecule has 0 saturated carbocycles. The summed E-state index contributed by atoms with van der Waals surface area (Å²) < 4.78 is 11.8. The fourth-order valence-corrected chi connectivity index (χ4v) is 3.31. The number of benzene rings is 1. The molecule has 0 aliphatic carbocycles. The molecule has 0 bridgehead atoms. The van der Waals surface area contributed by atoms with Crippen molar-refractivity contribution in [3.05, 3.63) is 52.4 Å². The first-order valence-corrected chi connectivity index (χ1v) is 7.93. The molecule has 0 saturated heterocycles. The highest BCUT2D eigenvalue weighted by atomic mass is 32.1. The van der Waals surface area contributed by atoms with E-state index in [1.165, 1.54) is 9.75 Å². The maximum absolute atomic E-state index is 6.26. The molecule has 0 radical (unpaired) electrons. The van der Waals surface area contributed by atoms with Crippen LogP contribution in [0.25, 0.3) is 11.0 Å². The van der Waals surface area contributed by atoms with Crippen molar-refractivity contribution in [1.82, 2.24) is 5.32 Å². The topological polar surface area (TPSA) is 34.4 Å². The van der Waals surface area contributed by atoms with Crippen LogP contribution in [0.4, 0.5) is 0 Å². The van der Waals surface area contributed by atoms with Gasteiger partial charge in [-0.15, -0.1) is 11.3 Å². The van der Waals surface area contributed by atoms with Crippen LogP contribution in [0.2, 0.25) is 0 Å². The first-order valence-electron chi connectivity index (χ1n) is 7.12.